The Balaban J connectivity index is 1.19. The van der Waals surface area contributed by atoms with Crippen molar-refractivity contribution >= 4 is 91.3 Å². The number of hydrogen-bond donors (Lipinski definition) is 0. The summed E-state index contributed by atoms with van der Waals surface area (Å²) in [5.41, 5.74) is 22.1. The number of fused-ring (bicyclic) bond motifs is 15. The average Bonchev–Trinajstić information content (AvgIpc) is 3.91. The maximum absolute atomic E-state index is 6.90. The minimum atomic E-state index is -0.284. The van der Waals surface area contributed by atoms with Crippen molar-refractivity contribution in [1.29, 1.82) is 0 Å². The molecule has 0 amide bonds. The first-order valence-electron chi connectivity index (χ1n) is 22.0. The number of rotatable bonds is 2. The highest BCUT2D eigenvalue weighted by atomic mass is 32.2. The van der Waals surface area contributed by atoms with Crippen molar-refractivity contribution in [3.05, 3.63) is 174 Å². The van der Waals surface area contributed by atoms with Crippen LogP contribution in [-0.4, -0.2) is 11.3 Å². The number of benzene rings is 8. The van der Waals surface area contributed by atoms with E-state index in [1.807, 2.05) is 23.5 Å². The molecule has 0 fully saturated rings. The Morgan fingerprint density at radius 2 is 1.25 bits per heavy atom. The lowest BCUT2D eigenvalue weighted by molar-refractivity contribution is 0.590. The molecule has 1 aliphatic carbocycles. The van der Waals surface area contributed by atoms with Gasteiger partial charge in [0.2, 0.25) is 0 Å². The van der Waals surface area contributed by atoms with Crippen molar-refractivity contribution < 1.29 is 4.42 Å². The fourth-order valence-electron chi connectivity index (χ4n) is 11.5. The minimum absolute atomic E-state index is 0.0354. The van der Waals surface area contributed by atoms with E-state index in [0.29, 0.717) is 0 Å². The molecule has 2 aromatic heterocycles. The lowest BCUT2D eigenvalue weighted by atomic mass is 9.44. The first-order chi connectivity index (χ1) is 30.6. The third kappa shape index (κ3) is 4.75. The normalized spacial score (nSPS) is 15.0. The van der Waals surface area contributed by atoms with E-state index < -0.39 is 0 Å². The third-order valence-corrected chi connectivity index (χ3v) is 16.9. The second-order valence-electron chi connectivity index (χ2n) is 19.2. The molecule has 0 spiro atoms. The van der Waals surface area contributed by atoms with E-state index in [4.69, 9.17) is 4.42 Å². The van der Waals surface area contributed by atoms with Gasteiger partial charge in [-0.1, -0.05) is 155 Å². The summed E-state index contributed by atoms with van der Waals surface area (Å²) in [6, 6.07) is 59.5. The predicted octanol–water partition coefficient (Wildman–Crippen LogP) is 14.8. The smallest absolute Gasteiger partial charge is 0.333 e. The average molecular weight is 845 g/mol. The molecule has 10 aromatic rings. The monoisotopic (exact) mass is 844 g/mol. The molecule has 0 unspecified atom stereocenters. The highest BCUT2D eigenvalue weighted by molar-refractivity contribution is 8.05. The Bertz CT molecular complexity index is 3670. The van der Waals surface area contributed by atoms with E-state index in [1.54, 1.807) is 0 Å². The summed E-state index contributed by atoms with van der Waals surface area (Å²) < 4.78 is 9.58. The number of aromatic nitrogens is 1. The van der Waals surface area contributed by atoms with Gasteiger partial charge >= 0.3 is 6.85 Å². The van der Waals surface area contributed by atoms with Crippen LogP contribution in [0.2, 0.25) is 0 Å². The first-order valence-corrected chi connectivity index (χ1v) is 23.7. The number of nitrogens with zero attached hydrogens (tertiary/aromatic N) is 2. The molecule has 14 rings (SSSR count). The van der Waals surface area contributed by atoms with Gasteiger partial charge in [0, 0.05) is 63.8 Å². The van der Waals surface area contributed by atoms with Gasteiger partial charge in [0.05, 0.1) is 11.2 Å². The molecule has 5 heterocycles. The van der Waals surface area contributed by atoms with Gasteiger partial charge in [-0.15, -0.1) is 0 Å². The van der Waals surface area contributed by atoms with E-state index in [0.717, 1.165) is 21.9 Å². The van der Waals surface area contributed by atoms with Crippen LogP contribution in [0.5, 0.6) is 0 Å². The van der Waals surface area contributed by atoms with Gasteiger partial charge in [-0.25, -0.2) is 0 Å². The van der Waals surface area contributed by atoms with E-state index in [1.165, 1.54) is 109 Å². The number of para-hydroxylation sites is 2. The SMILES string of the molecule is CC(C)(C)c1ccc(N2c3cc4c(cc3B3c5c(cc6c(c52)C(C)(C)c2ccccc2-6)-c2cccc5c6oc7ccccc7c6n3c25)Sc2ccccc2S4)c(-c2ccccc2)c1. The Hall–Kier alpha value is -6.34. The van der Waals surface area contributed by atoms with Gasteiger partial charge in [-0.3, -0.25) is 0 Å². The zero-order valence-electron chi connectivity index (χ0n) is 35.7. The summed E-state index contributed by atoms with van der Waals surface area (Å²) in [6.45, 7) is 11.8. The summed E-state index contributed by atoms with van der Waals surface area (Å²) in [4.78, 5) is 7.92. The van der Waals surface area contributed by atoms with Gasteiger partial charge in [-0.05, 0) is 116 Å². The number of furan rings is 1. The van der Waals surface area contributed by atoms with Crippen molar-refractivity contribution in [3.63, 3.8) is 0 Å². The zero-order valence-corrected chi connectivity index (χ0v) is 37.3. The largest absolute Gasteiger partial charge is 0.454 e. The second kappa shape index (κ2) is 12.4. The summed E-state index contributed by atoms with van der Waals surface area (Å²) in [7, 11) is 0. The molecule has 4 aliphatic rings. The molecule has 0 atom stereocenters. The maximum atomic E-state index is 6.90. The van der Waals surface area contributed by atoms with Gasteiger partial charge in [0.15, 0.2) is 5.58 Å². The van der Waals surface area contributed by atoms with Crippen LogP contribution in [-0.2, 0) is 10.8 Å². The van der Waals surface area contributed by atoms with Crippen LogP contribution in [0.4, 0.5) is 17.1 Å². The Labute approximate surface area is 375 Å². The number of anilines is 3. The van der Waals surface area contributed by atoms with Crippen molar-refractivity contribution in [2.75, 3.05) is 4.90 Å². The van der Waals surface area contributed by atoms with Gasteiger partial charge < -0.3 is 13.8 Å². The van der Waals surface area contributed by atoms with E-state index in [2.05, 4.69) is 202 Å². The molecule has 300 valence electrons. The molecule has 63 heavy (non-hydrogen) atoms. The topological polar surface area (TPSA) is 21.3 Å². The fraction of sp³-hybridized carbons (Fsp3) is 0.123. The summed E-state index contributed by atoms with van der Waals surface area (Å²) in [5.74, 6) is 0. The lowest BCUT2D eigenvalue weighted by Gasteiger charge is -2.44. The van der Waals surface area contributed by atoms with E-state index in [-0.39, 0.29) is 17.7 Å². The molecule has 3 nitrogen and oxygen atoms in total. The molecule has 0 saturated heterocycles. The van der Waals surface area contributed by atoms with Crippen LogP contribution in [0.1, 0.15) is 51.3 Å². The third-order valence-electron chi connectivity index (χ3n) is 14.3. The first kappa shape index (κ1) is 36.2. The van der Waals surface area contributed by atoms with Crippen LogP contribution in [0.3, 0.4) is 0 Å². The molecule has 6 heteroatoms. The predicted molar refractivity (Wildman–Crippen MR) is 266 cm³/mol. The number of hydrogen-bond acceptors (Lipinski definition) is 4. The zero-order chi connectivity index (χ0) is 42.1. The molecule has 0 N–H and O–H groups in total. The Morgan fingerprint density at radius 1 is 0.556 bits per heavy atom. The maximum Gasteiger partial charge on any atom is 0.333 e. The standard InChI is InChI=1S/C57H41BN2OS2/c1-56(2,3)33-26-27-43(38(28-33)32-16-7-6-8-17-32)59-44-31-49-48(62-46-24-13-14-25-47(46)63-49)30-42(44)58-51-40(29-39-34-18-9-11-22-41(34)57(4,5)50(39)54(51)59)35-20-15-21-37-52(35)60(58)53-36-19-10-12-23-45(36)61-55(37)53/h6-31H,1-5H3. The van der Waals surface area contributed by atoms with Crippen LogP contribution in [0.25, 0.3) is 66.4 Å². The van der Waals surface area contributed by atoms with Crippen LogP contribution < -0.4 is 15.8 Å². The van der Waals surface area contributed by atoms with E-state index in [9.17, 15) is 0 Å². The van der Waals surface area contributed by atoms with Crippen LogP contribution >= 0.6 is 23.5 Å². The van der Waals surface area contributed by atoms with Gasteiger partial charge in [-0.2, -0.15) is 0 Å². The second-order valence-corrected chi connectivity index (χ2v) is 21.4. The minimum Gasteiger partial charge on any atom is -0.454 e. The Kier molecular flexibility index (Phi) is 7.14. The Morgan fingerprint density at radius 3 is 2.06 bits per heavy atom. The molecule has 0 radical (unpaired) electrons. The van der Waals surface area contributed by atoms with Crippen molar-refractivity contribution in [2.45, 2.75) is 65.0 Å². The van der Waals surface area contributed by atoms with Crippen molar-refractivity contribution in [3.8, 4) is 33.4 Å². The molecule has 3 aliphatic heterocycles. The van der Waals surface area contributed by atoms with Gasteiger partial charge in [0.1, 0.15) is 5.58 Å². The van der Waals surface area contributed by atoms with Crippen molar-refractivity contribution in [2.24, 2.45) is 0 Å². The van der Waals surface area contributed by atoms with Gasteiger partial charge in [0.25, 0.3) is 0 Å². The molecular weight excluding hydrogens is 804 g/mol. The molecular formula is C57H41BN2OS2. The molecule has 8 aromatic carbocycles. The highest BCUT2D eigenvalue weighted by Gasteiger charge is 2.50. The lowest BCUT2D eigenvalue weighted by Crippen LogP contribution is -2.57. The van der Waals surface area contributed by atoms with Crippen LogP contribution in [0.15, 0.2) is 182 Å². The molecule has 0 bridgehead atoms. The van der Waals surface area contributed by atoms with E-state index >= 15 is 0 Å². The molecule has 0 saturated carbocycles. The van der Waals surface area contributed by atoms with Crippen LogP contribution in [0, 0.1) is 0 Å². The summed E-state index contributed by atoms with van der Waals surface area (Å²) in [6.07, 6.45) is 0. The van der Waals surface area contributed by atoms with Crippen molar-refractivity contribution in [1.82, 2.24) is 4.48 Å². The quantitative estimate of drug-likeness (QED) is 0.162. The summed E-state index contributed by atoms with van der Waals surface area (Å²) >= 11 is 3.81. The highest BCUT2D eigenvalue weighted by Crippen LogP contribution is 2.59. The summed E-state index contributed by atoms with van der Waals surface area (Å²) in [5, 5.41) is 2.32. The fourth-order valence-corrected chi connectivity index (χ4v) is 13.8.